The Labute approximate surface area is 152 Å². The fourth-order valence-electron chi connectivity index (χ4n) is 2.39. The maximum atomic E-state index is 5.94. The van der Waals surface area contributed by atoms with E-state index in [4.69, 9.17) is 8.84 Å². The second-order valence-electron chi connectivity index (χ2n) is 5.36. The summed E-state index contributed by atoms with van der Waals surface area (Å²) >= 11 is 0. The Morgan fingerprint density at radius 2 is 1.74 bits per heavy atom. The van der Waals surface area contributed by atoms with Gasteiger partial charge in [-0.1, -0.05) is 55.8 Å². The van der Waals surface area contributed by atoms with Gasteiger partial charge < -0.3 is 8.84 Å². The molecule has 3 aromatic rings. The first-order valence-electron chi connectivity index (χ1n) is 7.80. The summed E-state index contributed by atoms with van der Waals surface area (Å²) < 4.78 is 11.9. The van der Waals surface area contributed by atoms with E-state index in [0.29, 0.717) is 12.2 Å². The summed E-state index contributed by atoms with van der Waals surface area (Å²) in [6.07, 6.45) is 3.12. The van der Waals surface area contributed by atoms with Gasteiger partial charge in [0.15, 0.2) is 5.76 Å². The molecule has 3 heteroatoms. The molecule has 2 aromatic carbocycles. The zero-order valence-corrected chi connectivity index (χ0v) is 15.3. The molecule has 23 heavy (non-hydrogen) atoms. The van der Waals surface area contributed by atoms with Crippen LogP contribution in [0.4, 0.5) is 0 Å². The molecule has 0 bridgehead atoms. The van der Waals surface area contributed by atoms with Gasteiger partial charge in [-0.15, -0.1) is 12.1 Å². The standard InChI is InChI=1S/C20H20O2.Au/c1-2-3-12-18-14-17-11-7-8-13-19(17)20(22-18)21-15-16-9-5-4-6-10-16;/h4-11,13H,2-3,12,15H2,1H3;/q;+1. The molecule has 0 saturated heterocycles. The Balaban J connectivity index is 0.00000192. The molecule has 0 atom stereocenters. The maximum Gasteiger partial charge on any atom is 1.00 e. The summed E-state index contributed by atoms with van der Waals surface area (Å²) in [5.41, 5.74) is 1.72. The van der Waals surface area contributed by atoms with Crippen LogP contribution in [0.25, 0.3) is 10.8 Å². The predicted molar refractivity (Wildman–Crippen MR) is 90.1 cm³/mol. The molecule has 0 unspecified atom stereocenters. The van der Waals surface area contributed by atoms with E-state index in [1.807, 2.05) is 36.4 Å². The van der Waals surface area contributed by atoms with Crippen LogP contribution in [0.1, 0.15) is 31.1 Å². The third-order valence-corrected chi connectivity index (χ3v) is 3.61. The minimum absolute atomic E-state index is 0. The van der Waals surface area contributed by atoms with Crippen LogP contribution in [0.2, 0.25) is 0 Å². The molecule has 0 aliphatic heterocycles. The van der Waals surface area contributed by atoms with E-state index in [1.165, 1.54) is 0 Å². The molecule has 0 radical (unpaired) electrons. The molecule has 2 nitrogen and oxygen atoms in total. The zero-order valence-electron chi connectivity index (χ0n) is 13.1. The quantitative estimate of drug-likeness (QED) is 0.291. The second-order valence-corrected chi connectivity index (χ2v) is 5.36. The number of hydrogen-bond donors (Lipinski definition) is 0. The molecule has 0 amide bonds. The SMILES string of the molecule is CCCCc1[c-]c2ccccc2c(=[O+]Cc2ccccc2)o1.[Au+]. The first-order chi connectivity index (χ1) is 10.9. The van der Waals surface area contributed by atoms with Gasteiger partial charge in [0, 0.05) is 17.4 Å². The Bertz CT molecular complexity index is 806. The van der Waals surface area contributed by atoms with Gasteiger partial charge >= 0.3 is 28.0 Å². The van der Waals surface area contributed by atoms with Gasteiger partial charge in [-0.05, 0) is 6.42 Å². The summed E-state index contributed by atoms with van der Waals surface area (Å²) in [7, 11) is 0. The van der Waals surface area contributed by atoms with Crippen LogP contribution >= 0.6 is 0 Å². The van der Waals surface area contributed by atoms with E-state index in [2.05, 4.69) is 31.2 Å². The normalized spacial score (nSPS) is 11.4. The largest absolute Gasteiger partial charge is 1.00 e. The van der Waals surface area contributed by atoms with E-state index in [1.54, 1.807) is 0 Å². The minimum Gasteiger partial charge on any atom is -0.323 e. The molecule has 0 fully saturated rings. The topological polar surface area (TPSA) is 24.4 Å². The third-order valence-electron chi connectivity index (χ3n) is 3.61. The van der Waals surface area contributed by atoms with Crippen molar-refractivity contribution in [3.05, 3.63) is 82.0 Å². The summed E-state index contributed by atoms with van der Waals surface area (Å²) in [5, 5.41) is 2.02. The number of hydrogen-bond acceptors (Lipinski definition) is 1. The van der Waals surface area contributed by atoms with Crippen molar-refractivity contribution in [3.8, 4) is 0 Å². The van der Waals surface area contributed by atoms with Crippen molar-refractivity contribution in [1.29, 1.82) is 0 Å². The zero-order chi connectivity index (χ0) is 15.2. The van der Waals surface area contributed by atoms with Crippen LogP contribution < -0.4 is 5.63 Å². The van der Waals surface area contributed by atoms with Gasteiger partial charge in [0.05, 0.1) is 0 Å². The average Bonchev–Trinajstić information content (AvgIpc) is 2.58. The monoisotopic (exact) mass is 489 g/mol. The van der Waals surface area contributed by atoms with Crippen molar-refractivity contribution in [2.45, 2.75) is 32.8 Å². The van der Waals surface area contributed by atoms with E-state index < -0.39 is 0 Å². The maximum absolute atomic E-state index is 5.94. The van der Waals surface area contributed by atoms with Crippen molar-refractivity contribution in [2.24, 2.45) is 0 Å². The van der Waals surface area contributed by atoms with Crippen LogP contribution in [0.5, 0.6) is 0 Å². The van der Waals surface area contributed by atoms with E-state index in [9.17, 15) is 0 Å². The molecule has 122 valence electrons. The molecule has 0 saturated carbocycles. The molecule has 1 aromatic heterocycles. The van der Waals surface area contributed by atoms with Gasteiger partial charge in [-0.3, -0.25) is 0 Å². The first-order valence-corrected chi connectivity index (χ1v) is 7.80. The average molecular weight is 489 g/mol. The van der Waals surface area contributed by atoms with E-state index in [0.717, 1.165) is 41.4 Å². The Hall–Kier alpha value is -1.61. The van der Waals surface area contributed by atoms with Crippen molar-refractivity contribution < 1.29 is 26.8 Å². The third kappa shape index (κ3) is 4.68. The summed E-state index contributed by atoms with van der Waals surface area (Å²) in [6.45, 7) is 2.68. The molecule has 3 rings (SSSR count). The molecular formula is C20H20AuO2+. The number of unbranched alkanes of at least 4 members (excludes halogenated alkanes) is 1. The number of aryl methyl sites for hydroxylation is 1. The first kappa shape index (κ1) is 17.7. The Kier molecular flexibility index (Phi) is 6.85. The molecule has 0 N–H and O–H groups in total. The van der Waals surface area contributed by atoms with E-state index >= 15 is 0 Å². The summed E-state index contributed by atoms with van der Waals surface area (Å²) in [5.74, 6) is 0.864. The van der Waals surface area contributed by atoms with Crippen molar-refractivity contribution in [2.75, 3.05) is 0 Å². The summed E-state index contributed by atoms with van der Waals surface area (Å²) in [6, 6.07) is 21.6. The van der Waals surface area contributed by atoms with Gasteiger partial charge in [-0.2, -0.15) is 11.5 Å². The Morgan fingerprint density at radius 3 is 2.52 bits per heavy atom. The van der Waals surface area contributed by atoms with Gasteiger partial charge in [0.2, 0.25) is 6.61 Å². The number of benzene rings is 2. The Morgan fingerprint density at radius 1 is 1.00 bits per heavy atom. The van der Waals surface area contributed by atoms with Gasteiger partial charge in [-0.25, -0.2) is 0 Å². The van der Waals surface area contributed by atoms with Crippen LogP contribution in [0, 0.1) is 6.07 Å². The fraction of sp³-hybridized carbons (Fsp3) is 0.250. The summed E-state index contributed by atoms with van der Waals surface area (Å²) in [4.78, 5) is 0. The van der Waals surface area contributed by atoms with Crippen LogP contribution in [-0.2, 0) is 35.4 Å². The van der Waals surface area contributed by atoms with Crippen LogP contribution in [0.15, 0.2) is 63.4 Å². The fourth-order valence-corrected chi connectivity index (χ4v) is 2.39. The van der Waals surface area contributed by atoms with Crippen molar-refractivity contribution in [3.63, 3.8) is 0 Å². The van der Waals surface area contributed by atoms with Gasteiger partial charge in [0.1, 0.15) is 0 Å². The van der Waals surface area contributed by atoms with Gasteiger partial charge in [0.25, 0.3) is 0 Å². The van der Waals surface area contributed by atoms with Crippen molar-refractivity contribution >= 4 is 10.8 Å². The van der Waals surface area contributed by atoms with E-state index in [-0.39, 0.29) is 22.4 Å². The minimum atomic E-state index is 0. The molecule has 0 spiro atoms. The van der Waals surface area contributed by atoms with Crippen molar-refractivity contribution in [1.82, 2.24) is 0 Å². The number of fused-ring (bicyclic) bond motifs is 1. The molecule has 0 aliphatic rings. The molecule has 0 aliphatic carbocycles. The number of rotatable bonds is 5. The van der Waals surface area contributed by atoms with Crippen LogP contribution in [-0.4, -0.2) is 0 Å². The predicted octanol–water partition coefficient (Wildman–Crippen LogP) is 4.67. The second kappa shape index (κ2) is 8.88. The van der Waals surface area contributed by atoms with Crippen LogP contribution in [0.3, 0.4) is 0 Å². The smallest absolute Gasteiger partial charge is 0.323 e. The molecule has 1 heterocycles. The molecular weight excluding hydrogens is 469 g/mol.